The second-order valence-corrected chi connectivity index (χ2v) is 5.86. The van der Waals surface area contributed by atoms with Crippen LogP contribution in [0.3, 0.4) is 0 Å². The van der Waals surface area contributed by atoms with Crippen LogP contribution >= 0.6 is 0 Å². The average molecular weight is 363 g/mol. The van der Waals surface area contributed by atoms with E-state index in [1.807, 2.05) is 13.0 Å². The number of fused-ring (bicyclic) bond motifs is 1. The number of carbonyl (C=O) groups is 1. The van der Waals surface area contributed by atoms with Crippen LogP contribution in [0.25, 0.3) is 10.9 Å². The molecule has 0 saturated heterocycles. The number of esters is 1. The van der Waals surface area contributed by atoms with E-state index in [0.717, 1.165) is 5.56 Å². The molecule has 0 N–H and O–H groups in total. The van der Waals surface area contributed by atoms with Gasteiger partial charge in [0.25, 0.3) is 5.56 Å². The van der Waals surface area contributed by atoms with Crippen LogP contribution in [0.1, 0.15) is 21.7 Å². The van der Waals surface area contributed by atoms with Crippen LogP contribution in [0, 0.1) is 18.3 Å². The van der Waals surface area contributed by atoms with Gasteiger partial charge in [-0.3, -0.25) is 9.36 Å². The van der Waals surface area contributed by atoms with Gasteiger partial charge in [0, 0.05) is 0 Å². The zero-order valence-corrected chi connectivity index (χ0v) is 14.9. The molecule has 0 atom stereocenters. The van der Waals surface area contributed by atoms with Gasteiger partial charge in [-0.15, -0.1) is 0 Å². The molecule has 2 aromatic carbocycles. The second kappa shape index (κ2) is 7.70. The second-order valence-electron chi connectivity index (χ2n) is 5.86. The molecule has 7 nitrogen and oxygen atoms in total. The quantitative estimate of drug-likeness (QED) is 0.647. The average Bonchev–Trinajstić information content (AvgIpc) is 2.69. The van der Waals surface area contributed by atoms with Crippen molar-refractivity contribution in [2.75, 3.05) is 7.11 Å². The molecule has 0 unspecified atom stereocenters. The number of hydrogen-bond donors (Lipinski definition) is 0. The summed E-state index contributed by atoms with van der Waals surface area (Å²) < 4.78 is 11.7. The SMILES string of the molecule is COc1cc(C(=O)OCc2nc3ccccc3c(=O)n2CC#N)ccc1C. The molecule has 0 bridgehead atoms. The third-order valence-corrected chi connectivity index (χ3v) is 4.15. The van der Waals surface area contributed by atoms with Gasteiger partial charge in [0.15, 0.2) is 5.82 Å². The smallest absolute Gasteiger partial charge is 0.338 e. The van der Waals surface area contributed by atoms with Crippen LogP contribution in [-0.2, 0) is 17.9 Å². The molecule has 0 aliphatic heterocycles. The van der Waals surface area contributed by atoms with Gasteiger partial charge in [-0.05, 0) is 36.8 Å². The molecule has 27 heavy (non-hydrogen) atoms. The van der Waals surface area contributed by atoms with Crippen molar-refractivity contribution in [2.24, 2.45) is 0 Å². The van der Waals surface area contributed by atoms with Gasteiger partial charge in [0.1, 0.15) is 18.9 Å². The summed E-state index contributed by atoms with van der Waals surface area (Å²) >= 11 is 0. The van der Waals surface area contributed by atoms with Gasteiger partial charge in [0.2, 0.25) is 0 Å². The van der Waals surface area contributed by atoms with E-state index >= 15 is 0 Å². The third kappa shape index (κ3) is 3.65. The fourth-order valence-corrected chi connectivity index (χ4v) is 2.72. The first-order chi connectivity index (χ1) is 13.0. The molecule has 0 aliphatic rings. The Bertz CT molecular complexity index is 1110. The van der Waals surface area contributed by atoms with Crippen LogP contribution in [0.5, 0.6) is 5.75 Å². The number of rotatable bonds is 5. The molecular formula is C20H17N3O4. The van der Waals surface area contributed by atoms with Crippen LogP contribution in [0.15, 0.2) is 47.3 Å². The van der Waals surface area contributed by atoms with Crippen LogP contribution in [-0.4, -0.2) is 22.6 Å². The maximum Gasteiger partial charge on any atom is 0.338 e. The predicted molar refractivity (Wildman–Crippen MR) is 98.5 cm³/mol. The zero-order chi connectivity index (χ0) is 19.4. The zero-order valence-electron chi connectivity index (χ0n) is 14.9. The highest BCUT2D eigenvalue weighted by molar-refractivity contribution is 5.90. The minimum atomic E-state index is -0.570. The molecule has 1 aromatic heterocycles. The largest absolute Gasteiger partial charge is 0.496 e. The normalized spacial score (nSPS) is 10.4. The van der Waals surface area contributed by atoms with Gasteiger partial charge in [-0.25, -0.2) is 9.78 Å². The highest BCUT2D eigenvalue weighted by atomic mass is 16.5. The summed E-state index contributed by atoms with van der Waals surface area (Å²) in [4.78, 5) is 29.3. The van der Waals surface area contributed by atoms with Crippen molar-refractivity contribution in [1.29, 1.82) is 5.26 Å². The molecule has 0 aliphatic carbocycles. The Morgan fingerprint density at radius 1 is 1.26 bits per heavy atom. The molecule has 0 amide bonds. The highest BCUT2D eigenvalue weighted by Crippen LogP contribution is 2.20. The van der Waals surface area contributed by atoms with Crippen molar-refractivity contribution in [3.8, 4) is 11.8 Å². The number of nitriles is 1. The number of hydrogen-bond acceptors (Lipinski definition) is 6. The lowest BCUT2D eigenvalue weighted by atomic mass is 10.1. The number of para-hydroxylation sites is 1. The lowest BCUT2D eigenvalue weighted by Gasteiger charge is -2.12. The van der Waals surface area contributed by atoms with E-state index in [0.29, 0.717) is 22.2 Å². The lowest BCUT2D eigenvalue weighted by molar-refractivity contribution is 0.0457. The molecule has 0 saturated carbocycles. The molecule has 3 aromatic rings. The fraction of sp³-hybridized carbons (Fsp3) is 0.200. The van der Waals surface area contributed by atoms with Crippen LogP contribution < -0.4 is 10.3 Å². The summed E-state index contributed by atoms with van der Waals surface area (Å²) in [5, 5.41) is 9.43. The van der Waals surface area contributed by atoms with Crippen molar-refractivity contribution in [1.82, 2.24) is 9.55 Å². The van der Waals surface area contributed by atoms with Crippen molar-refractivity contribution in [2.45, 2.75) is 20.1 Å². The summed E-state index contributed by atoms with van der Waals surface area (Å²) in [7, 11) is 1.52. The summed E-state index contributed by atoms with van der Waals surface area (Å²) in [6, 6.07) is 13.8. The summed E-state index contributed by atoms with van der Waals surface area (Å²) in [5.74, 6) is 0.224. The van der Waals surface area contributed by atoms with Gasteiger partial charge in [-0.1, -0.05) is 18.2 Å². The van der Waals surface area contributed by atoms with E-state index in [1.165, 1.54) is 11.7 Å². The van der Waals surface area contributed by atoms with Crippen LogP contribution in [0.2, 0.25) is 0 Å². The standard InChI is InChI=1S/C20H17N3O4/c1-13-7-8-14(11-17(13)26-2)20(25)27-12-18-22-16-6-4-3-5-15(16)19(24)23(18)10-9-21/h3-8,11H,10,12H2,1-2H3. The Hall–Kier alpha value is -3.66. The highest BCUT2D eigenvalue weighted by Gasteiger charge is 2.15. The third-order valence-electron chi connectivity index (χ3n) is 4.15. The summed E-state index contributed by atoms with van der Waals surface area (Å²) in [6.07, 6.45) is 0. The maximum atomic E-state index is 12.6. The first-order valence-corrected chi connectivity index (χ1v) is 8.22. The van der Waals surface area contributed by atoms with E-state index in [4.69, 9.17) is 14.7 Å². The molecule has 0 spiro atoms. The fourth-order valence-electron chi connectivity index (χ4n) is 2.72. The van der Waals surface area contributed by atoms with E-state index in [-0.39, 0.29) is 24.5 Å². The van der Waals surface area contributed by atoms with Gasteiger partial charge in [-0.2, -0.15) is 5.26 Å². The lowest BCUT2D eigenvalue weighted by Crippen LogP contribution is -2.26. The number of aryl methyl sites for hydroxylation is 1. The number of ether oxygens (including phenoxy) is 2. The predicted octanol–water partition coefficient (Wildman–Crippen LogP) is 2.59. The van der Waals surface area contributed by atoms with E-state index in [2.05, 4.69) is 4.98 Å². The number of carbonyl (C=O) groups excluding carboxylic acids is 1. The number of aromatic nitrogens is 2. The maximum absolute atomic E-state index is 12.6. The Morgan fingerprint density at radius 3 is 2.78 bits per heavy atom. The minimum absolute atomic E-state index is 0.179. The minimum Gasteiger partial charge on any atom is -0.496 e. The number of benzene rings is 2. The van der Waals surface area contributed by atoms with E-state index in [1.54, 1.807) is 42.5 Å². The Balaban J connectivity index is 1.90. The van der Waals surface area contributed by atoms with E-state index in [9.17, 15) is 9.59 Å². The van der Waals surface area contributed by atoms with Crippen molar-refractivity contribution >= 4 is 16.9 Å². The van der Waals surface area contributed by atoms with Gasteiger partial charge >= 0.3 is 5.97 Å². The molecule has 1 heterocycles. The first-order valence-electron chi connectivity index (χ1n) is 8.22. The van der Waals surface area contributed by atoms with Crippen molar-refractivity contribution in [3.63, 3.8) is 0 Å². The van der Waals surface area contributed by atoms with Crippen molar-refractivity contribution < 1.29 is 14.3 Å². The summed E-state index contributed by atoms with van der Waals surface area (Å²) in [5.41, 5.74) is 1.37. The van der Waals surface area contributed by atoms with Crippen molar-refractivity contribution in [3.05, 3.63) is 69.8 Å². The van der Waals surface area contributed by atoms with Crippen LogP contribution in [0.4, 0.5) is 0 Å². The first kappa shape index (κ1) is 18.1. The Labute approximate surface area is 155 Å². The molecule has 136 valence electrons. The molecule has 0 radical (unpaired) electrons. The van der Waals surface area contributed by atoms with Gasteiger partial charge in [0.05, 0.1) is 29.6 Å². The topological polar surface area (TPSA) is 94.2 Å². The Morgan fingerprint density at radius 2 is 2.04 bits per heavy atom. The molecule has 3 rings (SSSR count). The van der Waals surface area contributed by atoms with Gasteiger partial charge < -0.3 is 9.47 Å². The number of methoxy groups -OCH3 is 1. The van der Waals surface area contributed by atoms with E-state index < -0.39 is 5.97 Å². The number of nitrogens with zero attached hydrogens (tertiary/aromatic N) is 3. The molecule has 7 heteroatoms. The molecular weight excluding hydrogens is 346 g/mol. The molecule has 0 fully saturated rings. The Kier molecular flexibility index (Phi) is 5.18. The monoisotopic (exact) mass is 363 g/mol. The summed E-state index contributed by atoms with van der Waals surface area (Å²) in [6.45, 7) is 1.46.